The molecule has 4 nitrogen and oxygen atoms in total. The maximum absolute atomic E-state index is 5.43. The van der Waals surface area contributed by atoms with Crippen LogP contribution < -0.4 is 10.1 Å². The number of hydrogen-bond donors (Lipinski definition) is 1. The van der Waals surface area contributed by atoms with E-state index in [4.69, 9.17) is 14.5 Å². The highest BCUT2D eigenvalue weighted by atomic mass is 79.9. The Morgan fingerprint density at radius 2 is 2.20 bits per heavy atom. The first-order valence-corrected chi connectivity index (χ1v) is 8.40. The molecule has 1 aromatic carbocycles. The maximum atomic E-state index is 5.43. The molecule has 0 aliphatic carbocycles. The second-order valence-corrected chi connectivity index (χ2v) is 6.84. The van der Waals surface area contributed by atoms with Gasteiger partial charge in [-0.25, -0.2) is 0 Å². The van der Waals surface area contributed by atoms with E-state index in [9.17, 15) is 0 Å². The zero-order chi connectivity index (χ0) is 14.0. The third-order valence-corrected chi connectivity index (χ3v) is 5.45. The van der Waals surface area contributed by atoms with Crippen LogP contribution in [0.4, 0.5) is 5.69 Å². The van der Waals surface area contributed by atoms with Crippen LogP contribution in [0.2, 0.25) is 0 Å². The van der Waals surface area contributed by atoms with Gasteiger partial charge in [0.05, 0.1) is 17.1 Å². The van der Waals surface area contributed by atoms with Crippen LogP contribution in [0.3, 0.4) is 0 Å². The highest BCUT2D eigenvalue weighted by molar-refractivity contribution is 9.10. The van der Waals surface area contributed by atoms with Crippen molar-refractivity contribution in [3.05, 3.63) is 22.7 Å². The Bertz CT molecular complexity index is 530. The molecule has 0 radical (unpaired) electrons. The Balaban J connectivity index is 1.73. The topological polar surface area (TPSA) is 42.8 Å². The molecule has 2 aliphatic heterocycles. The van der Waals surface area contributed by atoms with Crippen molar-refractivity contribution >= 4 is 38.5 Å². The van der Waals surface area contributed by atoms with E-state index in [0.717, 1.165) is 52.9 Å². The molecule has 0 bridgehead atoms. The van der Waals surface area contributed by atoms with Gasteiger partial charge in [0.25, 0.3) is 0 Å². The summed E-state index contributed by atoms with van der Waals surface area (Å²) < 4.78 is 11.7. The molecule has 1 spiro atoms. The van der Waals surface area contributed by atoms with Crippen LogP contribution in [0.25, 0.3) is 0 Å². The molecule has 1 N–H and O–H groups in total. The lowest BCUT2D eigenvalue weighted by atomic mass is 9.93. The van der Waals surface area contributed by atoms with Crippen LogP contribution in [0, 0.1) is 0 Å². The van der Waals surface area contributed by atoms with E-state index in [1.165, 1.54) is 0 Å². The van der Waals surface area contributed by atoms with Gasteiger partial charge in [-0.1, -0.05) is 11.8 Å². The van der Waals surface area contributed by atoms with Gasteiger partial charge < -0.3 is 14.8 Å². The lowest BCUT2D eigenvalue weighted by Gasteiger charge is -2.29. The standard InChI is InChI=1S/C14H17BrN2O2S/c1-18-12-8-10(2-3-11(12)15)16-13-17-14(9-20-13)4-6-19-7-5-14/h2-3,8H,4-7,9H2,1H3,(H,16,17). The van der Waals surface area contributed by atoms with Crippen molar-refractivity contribution in [1.82, 2.24) is 0 Å². The Morgan fingerprint density at radius 1 is 1.40 bits per heavy atom. The second kappa shape index (κ2) is 5.95. The summed E-state index contributed by atoms with van der Waals surface area (Å²) in [6, 6.07) is 5.97. The molecule has 1 aromatic rings. The van der Waals surface area contributed by atoms with Gasteiger partial charge in [-0.2, -0.15) is 0 Å². The summed E-state index contributed by atoms with van der Waals surface area (Å²) in [5, 5.41) is 4.38. The molecule has 2 aliphatic rings. The number of aliphatic imine (C=N–C) groups is 1. The minimum absolute atomic E-state index is 0.0880. The van der Waals surface area contributed by atoms with Crippen molar-refractivity contribution in [3.63, 3.8) is 0 Å². The van der Waals surface area contributed by atoms with Gasteiger partial charge in [-0.05, 0) is 40.9 Å². The summed E-state index contributed by atoms with van der Waals surface area (Å²) >= 11 is 5.25. The third-order valence-electron chi connectivity index (χ3n) is 3.64. The number of benzene rings is 1. The highest BCUT2D eigenvalue weighted by Gasteiger charge is 2.37. The van der Waals surface area contributed by atoms with Gasteiger partial charge in [0.15, 0.2) is 5.17 Å². The van der Waals surface area contributed by atoms with Crippen molar-refractivity contribution in [2.24, 2.45) is 4.99 Å². The monoisotopic (exact) mass is 356 g/mol. The SMILES string of the molecule is COc1cc(NC2=NC3(CCOCC3)CS2)ccc1Br. The molecule has 0 atom stereocenters. The number of nitrogens with zero attached hydrogens (tertiary/aromatic N) is 1. The van der Waals surface area contributed by atoms with Gasteiger partial charge in [0.1, 0.15) is 5.75 Å². The zero-order valence-electron chi connectivity index (χ0n) is 11.3. The fourth-order valence-electron chi connectivity index (χ4n) is 2.42. The number of rotatable bonds is 2. The van der Waals surface area contributed by atoms with Crippen molar-refractivity contribution in [2.45, 2.75) is 18.4 Å². The van der Waals surface area contributed by atoms with Crippen molar-refractivity contribution in [1.29, 1.82) is 0 Å². The molecule has 0 saturated carbocycles. The van der Waals surface area contributed by atoms with E-state index in [0.29, 0.717) is 0 Å². The number of halogens is 1. The Labute approximate surface area is 131 Å². The fraction of sp³-hybridized carbons (Fsp3) is 0.500. The average molecular weight is 357 g/mol. The number of methoxy groups -OCH3 is 1. The lowest BCUT2D eigenvalue weighted by Crippen LogP contribution is -2.34. The second-order valence-electron chi connectivity index (χ2n) is 5.02. The average Bonchev–Trinajstić information content (AvgIpc) is 2.84. The van der Waals surface area contributed by atoms with Crippen LogP contribution in [0.1, 0.15) is 12.8 Å². The molecular weight excluding hydrogens is 340 g/mol. The Morgan fingerprint density at radius 3 is 2.95 bits per heavy atom. The lowest BCUT2D eigenvalue weighted by molar-refractivity contribution is 0.0624. The fourth-order valence-corrected chi connectivity index (χ4v) is 4.03. The van der Waals surface area contributed by atoms with Crippen molar-refractivity contribution in [3.8, 4) is 5.75 Å². The molecule has 0 amide bonds. The van der Waals surface area contributed by atoms with Crippen LogP contribution >= 0.6 is 27.7 Å². The van der Waals surface area contributed by atoms with Gasteiger partial charge in [0, 0.05) is 30.7 Å². The van der Waals surface area contributed by atoms with Crippen LogP contribution in [-0.4, -0.2) is 36.8 Å². The first-order chi connectivity index (χ1) is 9.71. The number of thioether (sulfide) groups is 1. The summed E-state index contributed by atoms with van der Waals surface area (Å²) in [4.78, 5) is 4.89. The zero-order valence-corrected chi connectivity index (χ0v) is 13.7. The summed E-state index contributed by atoms with van der Waals surface area (Å²) in [5.74, 6) is 1.87. The smallest absolute Gasteiger partial charge is 0.161 e. The van der Waals surface area contributed by atoms with Gasteiger partial charge in [-0.3, -0.25) is 4.99 Å². The highest BCUT2D eigenvalue weighted by Crippen LogP contribution is 2.36. The van der Waals surface area contributed by atoms with E-state index in [1.54, 1.807) is 18.9 Å². The Kier molecular flexibility index (Phi) is 4.23. The van der Waals surface area contributed by atoms with Gasteiger partial charge in [0.2, 0.25) is 0 Å². The molecule has 1 saturated heterocycles. The molecule has 0 unspecified atom stereocenters. The van der Waals surface area contributed by atoms with E-state index in [1.807, 2.05) is 18.2 Å². The molecule has 6 heteroatoms. The first kappa shape index (κ1) is 14.2. The molecular formula is C14H17BrN2O2S. The van der Waals surface area contributed by atoms with Crippen molar-refractivity contribution in [2.75, 3.05) is 31.4 Å². The van der Waals surface area contributed by atoms with Gasteiger partial charge in [-0.15, -0.1) is 0 Å². The van der Waals surface area contributed by atoms with Crippen LogP contribution in [0.15, 0.2) is 27.7 Å². The number of ether oxygens (including phenoxy) is 2. The van der Waals surface area contributed by atoms with Gasteiger partial charge >= 0.3 is 0 Å². The first-order valence-electron chi connectivity index (χ1n) is 6.62. The predicted molar refractivity (Wildman–Crippen MR) is 87.0 cm³/mol. The summed E-state index contributed by atoms with van der Waals surface area (Å²) in [5.41, 5.74) is 1.09. The quantitative estimate of drug-likeness (QED) is 0.880. The maximum Gasteiger partial charge on any atom is 0.161 e. The molecule has 1 fully saturated rings. The normalized spacial score (nSPS) is 20.8. The number of anilines is 1. The molecule has 108 valence electrons. The molecule has 0 aromatic heterocycles. The molecule has 20 heavy (non-hydrogen) atoms. The Hall–Kier alpha value is -0.720. The molecule has 2 heterocycles. The minimum Gasteiger partial charge on any atom is -0.495 e. The number of hydrogen-bond acceptors (Lipinski definition) is 5. The number of nitrogens with one attached hydrogen (secondary N) is 1. The van der Waals surface area contributed by atoms with Crippen LogP contribution in [0.5, 0.6) is 5.75 Å². The summed E-state index contributed by atoms with van der Waals surface area (Å²) in [6.45, 7) is 1.65. The van der Waals surface area contributed by atoms with E-state index >= 15 is 0 Å². The summed E-state index contributed by atoms with van der Waals surface area (Å²) in [7, 11) is 1.67. The number of amidine groups is 1. The minimum atomic E-state index is 0.0880. The van der Waals surface area contributed by atoms with Crippen molar-refractivity contribution < 1.29 is 9.47 Å². The van der Waals surface area contributed by atoms with Crippen LogP contribution in [-0.2, 0) is 4.74 Å². The van der Waals surface area contributed by atoms with E-state index in [2.05, 4.69) is 21.2 Å². The van der Waals surface area contributed by atoms with E-state index in [-0.39, 0.29) is 5.54 Å². The van der Waals surface area contributed by atoms with E-state index < -0.39 is 0 Å². The molecule has 3 rings (SSSR count). The largest absolute Gasteiger partial charge is 0.495 e. The predicted octanol–water partition coefficient (Wildman–Crippen LogP) is 3.52. The third kappa shape index (κ3) is 2.97. The summed E-state index contributed by atoms with van der Waals surface area (Å²) in [6.07, 6.45) is 2.05.